The van der Waals surface area contributed by atoms with Gasteiger partial charge >= 0.3 is 0 Å². The minimum Gasteiger partial charge on any atom is -0.321 e. The zero-order valence-electron chi connectivity index (χ0n) is 10.0. The summed E-state index contributed by atoms with van der Waals surface area (Å²) in [5.74, 6) is -0.0481. The van der Waals surface area contributed by atoms with Crippen LogP contribution in [0.25, 0.3) is 0 Å². The van der Waals surface area contributed by atoms with Gasteiger partial charge in [-0.25, -0.2) is 0 Å². The minimum absolute atomic E-state index is 0.0481. The molecule has 1 heterocycles. The van der Waals surface area contributed by atoms with E-state index in [4.69, 9.17) is 5.73 Å². The number of nitrogens with zero attached hydrogens (tertiary/aromatic N) is 2. The predicted octanol–water partition coefficient (Wildman–Crippen LogP) is 1.25. The molecule has 0 bridgehead atoms. The predicted molar refractivity (Wildman–Crippen MR) is 59.9 cm³/mol. The number of aromatic nitrogens is 2. The average molecular weight is 209 g/mol. The molecule has 15 heavy (non-hydrogen) atoms. The fraction of sp³-hybridized carbons (Fsp3) is 0.636. The van der Waals surface area contributed by atoms with Gasteiger partial charge in [0.05, 0.1) is 23.5 Å². The molecular weight excluding hydrogens is 190 g/mol. The summed E-state index contributed by atoms with van der Waals surface area (Å²) in [6, 6.07) is -0.477. The summed E-state index contributed by atoms with van der Waals surface area (Å²) in [7, 11) is 1.85. The molecule has 4 heteroatoms. The molecule has 4 nitrogen and oxygen atoms in total. The molecule has 1 atom stereocenters. The molecule has 1 aromatic rings. The zero-order chi connectivity index (χ0) is 11.8. The van der Waals surface area contributed by atoms with Gasteiger partial charge in [0.15, 0.2) is 5.78 Å². The molecule has 0 saturated carbocycles. The summed E-state index contributed by atoms with van der Waals surface area (Å²) >= 11 is 0. The first-order valence-corrected chi connectivity index (χ1v) is 5.07. The Labute approximate surface area is 90.5 Å². The molecule has 2 N–H and O–H groups in total. The summed E-state index contributed by atoms with van der Waals surface area (Å²) in [6.45, 7) is 7.87. The number of carbonyl (C=O) groups excluding carboxylic acids is 1. The molecule has 0 aromatic carbocycles. The van der Waals surface area contributed by atoms with E-state index in [9.17, 15) is 4.79 Å². The van der Waals surface area contributed by atoms with E-state index in [1.165, 1.54) is 0 Å². The van der Waals surface area contributed by atoms with Crippen molar-refractivity contribution in [3.63, 3.8) is 0 Å². The van der Waals surface area contributed by atoms with Crippen LogP contribution in [0.2, 0.25) is 0 Å². The maximum absolute atomic E-state index is 11.8. The van der Waals surface area contributed by atoms with Gasteiger partial charge in [-0.15, -0.1) is 0 Å². The number of nitrogens with two attached hydrogens (primary N) is 1. The van der Waals surface area contributed by atoms with Gasteiger partial charge in [0.1, 0.15) is 0 Å². The average Bonchev–Trinajstić information content (AvgIpc) is 2.44. The van der Waals surface area contributed by atoms with Gasteiger partial charge in [-0.3, -0.25) is 9.48 Å². The number of rotatable bonds is 2. The highest BCUT2D eigenvalue weighted by molar-refractivity contribution is 6.00. The van der Waals surface area contributed by atoms with E-state index in [1.54, 1.807) is 17.8 Å². The molecule has 0 amide bonds. The fourth-order valence-electron chi connectivity index (χ4n) is 1.75. The number of hydrogen-bond donors (Lipinski definition) is 1. The minimum atomic E-state index is -0.477. The molecule has 0 aliphatic heterocycles. The van der Waals surface area contributed by atoms with Crippen LogP contribution in [0, 0.1) is 0 Å². The van der Waals surface area contributed by atoms with Gasteiger partial charge in [0, 0.05) is 12.5 Å². The normalized spacial score (nSPS) is 14.0. The molecular formula is C11H19N3O. The third kappa shape index (κ3) is 2.26. The number of aryl methyl sites for hydroxylation is 1. The van der Waals surface area contributed by atoms with Crippen LogP contribution in [0.4, 0.5) is 0 Å². The highest BCUT2D eigenvalue weighted by Gasteiger charge is 2.27. The van der Waals surface area contributed by atoms with Crippen LogP contribution in [0.1, 0.15) is 43.7 Å². The topological polar surface area (TPSA) is 60.9 Å². The van der Waals surface area contributed by atoms with Crippen molar-refractivity contribution < 1.29 is 4.79 Å². The first kappa shape index (κ1) is 11.9. The second-order valence-corrected chi connectivity index (χ2v) is 4.93. The highest BCUT2D eigenvalue weighted by atomic mass is 16.1. The van der Waals surface area contributed by atoms with Crippen molar-refractivity contribution >= 4 is 5.78 Å². The monoisotopic (exact) mass is 209 g/mol. The lowest BCUT2D eigenvalue weighted by Gasteiger charge is -2.21. The Morgan fingerprint density at radius 2 is 2.07 bits per heavy atom. The van der Waals surface area contributed by atoms with E-state index in [1.807, 2.05) is 7.05 Å². The Morgan fingerprint density at radius 3 is 2.47 bits per heavy atom. The van der Waals surface area contributed by atoms with Crippen molar-refractivity contribution in [2.24, 2.45) is 12.8 Å². The van der Waals surface area contributed by atoms with Crippen LogP contribution in [-0.2, 0) is 12.5 Å². The van der Waals surface area contributed by atoms with Crippen molar-refractivity contribution in [1.29, 1.82) is 0 Å². The summed E-state index contributed by atoms with van der Waals surface area (Å²) in [5.41, 5.74) is 7.07. The summed E-state index contributed by atoms with van der Waals surface area (Å²) in [5, 5.41) is 4.13. The third-order valence-electron chi connectivity index (χ3n) is 2.33. The lowest BCUT2D eigenvalue weighted by atomic mass is 9.87. The summed E-state index contributed by atoms with van der Waals surface area (Å²) in [6.07, 6.45) is 1.60. The zero-order valence-corrected chi connectivity index (χ0v) is 10.0. The number of Topliss-reactive ketones (excluding diaryl/α,β-unsaturated/α-hetero) is 1. The fourth-order valence-corrected chi connectivity index (χ4v) is 1.75. The molecule has 1 aromatic heterocycles. The van der Waals surface area contributed by atoms with E-state index in [2.05, 4.69) is 25.9 Å². The van der Waals surface area contributed by atoms with E-state index in [-0.39, 0.29) is 11.2 Å². The van der Waals surface area contributed by atoms with E-state index in [0.717, 1.165) is 5.69 Å². The Kier molecular flexibility index (Phi) is 3.00. The first-order chi connectivity index (χ1) is 6.75. The Morgan fingerprint density at radius 1 is 1.53 bits per heavy atom. The van der Waals surface area contributed by atoms with Crippen molar-refractivity contribution in [3.05, 3.63) is 17.5 Å². The van der Waals surface area contributed by atoms with Gasteiger partial charge in [-0.1, -0.05) is 20.8 Å². The first-order valence-electron chi connectivity index (χ1n) is 5.07. The molecule has 0 spiro atoms. The summed E-state index contributed by atoms with van der Waals surface area (Å²) in [4.78, 5) is 11.8. The van der Waals surface area contributed by atoms with E-state index in [0.29, 0.717) is 5.56 Å². The molecule has 0 radical (unpaired) electrons. The standard InChI is InChI=1S/C11H19N3O/c1-7(12)9(15)8-6-13-14(5)10(8)11(2,3)4/h6-7H,12H2,1-5H3. The van der Waals surface area contributed by atoms with Gasteiger partial charge in [-0.05, 0) is 6.92 Å². The SMILES string of the molecule is CC(N)C(=O)c1cnn(C)c1C(C)(C)C. The van der Waals surface area contributed by atoms with Crippen LogP contribution < -0.4 is 5.73 Å². The van der Waals surface area contributed by atoms with Gasteiger partial charge in [-0.2, -0.15) is 5.10 Å². The molecule has 0 saturated heterocycles. The Balaban J connectivity index is 3.27. The molecule has 1 rings (SSSR count). The third-order valence-corrected chi connectivity index (χ3v) is 2.33. The highest BCUT2D eigenvalue weighted by Crippen LogP contribution is 2.25. The number of ketones is 1. The Hall–Kier alpha value is -1.16. The molecule has 0 fully saturated rings. The van der Waals surface area contributed by atoms with E-state index < -0.39 is 6.04 Å². The van der Waals surface area contributed by atoms with Crippen molar-refractivity contribution in [3.8, 4) is 0 Å². The van der Waals surface area contributed by atoms with Gasteiger partial charge in [0.25, 0.3) is 0 Å². The largest absolute Gasteiger partial charge is 0.321 e. The maximum atomic E-state index is 11.8. The second kappa shape index (κ2) is 3.77. The smallest absolute Gasteiger partial charge is 0.182 e. The molecule has 1 unspecified atom stereocenters. The second-order valence-electron chi connectivity index (χ2n) is 4.93. The van der Waals surface area contributed by atoms with Crippen molar-refractivity contribution in [2.75, 3.05) is 0 Å². The lowest BCUT2D eigenvalue weighted by molar-refractivity contribution is 0.0965. The van der Waals surface area contributed by atoms with E-state index >= 15 is 0 Å². The van der Waals surface area contributed by atoms with Crippen LogP contribution in [0.3, 0.4) is 0 Å². The van der Waals surface area contributed by atoms with Gasteiger partial charge in [0.2, 0.25) is 0 Å². The van der Waals surface area contributed by atoms with Crippen molar-refractivity contribution in [2.45, 2.75) is 39.2 Å². The van der Waals surface area contributed by atoms with Crippen LogP contribution >= 0.6 is 0 Å². The van der Waals surface area contributed by atoms with Crippen LogP contribution in [0.15, 0.2) is 6.20 Å². The van der Waals surface area contributed by atoms with Crippen molar-refractivity contribution in [1.82, 2.24) is 9.78 Å². The maximum Gasteiger partial charge on any atom is 0.182 e. The van der Waals surface area contributed by atoms with Crippen LogP contribution in [-0.4, -0.2) is 21.6 Å². The lowest BCUT2D eigenvalue weighted by Crippen LogP contribution is -2.29. The quantitative estimate of drug-likeness (QED) is 0.746. The Bertz CT molecular complexity index is 372. The molecule has 0 aliphatic rings. The summed E-state index contributed by atoms with van der Waals surface area (Å²) < 4.78 is 1.75. The number of hydrogen-bond acceptors (Lipinski definition) is 3. The molecule has 0 aliphatic carbocycles. The van der Waals surface area contributed by atoms with Gasteiger partial charge < -0.3 is 5.73 Å². The molecule has 84 valence electrons. The number of carbonyl (C=O) groups is 1. The van der Waals surface area contributed by atoms with Crippen LogP contribution in [0.5, 0.6) is 0 Å².